The van der Waals surface area contributed by atoms with E-state index in [2.05, 4.69) is 55.2 Å². The first-order valence-electron chi connectivity index (χ1n) is 5.64. The Morgan fingerprint density at radius 2 is 2.33 bits per heavy atom. The van der Waals surface area contributed by atoms with Crippen molar-refractivity contribution in [1.82, 2.24) is 5.32 Å². The molecular formula is C13H19NS. The molecule has 0 aromatic heterocycles. The Hall–Kier alpha value is -0.470. The van der Waals surface area contributed by atoms with Crippen LogP contribution in [-0.4, -0.2) is 17.0 Å². The Balaban J connectivity index is 1.83. The van der Waals surface area contributed by atoms with Crippen LogP contribution in [0, 0.1) is 6.92 Å². The highest BCUT2D eigenvalue weighted by atomic mass is 32.2. The van der Waals surface area contributed by atoms with Gasteiger partial charge in [-0.3, -0.25) is 0 Å². The van der Waals surface area contributed by atoms with Crippen LogP contribution in [0.1, 0.15) is 24.5 Å². The highest BCUT2D eigenvalue weighted by molar-refractivity contribution is 8.00. The maximum Gasteiger partial charge on any atom is 0.0208 e. The summed E-state index contributed by atoms with van der Waals surface area (Å²) in [5.41, 5.74) is 2.75. The smallest absolute Gasteiger partial charge is 0.0208 e. The highest BCUT2D eigenvalue weighted by Gasteiger charge is 2.20. The zero-order valence-electron chi connectivity index (χ0n) is 9.49. The molecule has 2 atom stereocenters. The molecule has 0 spiro atoms. The van der Waals surface area contributed by atoms with Gasteiger partial charge in [-0.15, -0.1) is 0 Å². The van der Waals surface area contributed by atoms with Crippen LogP contribution in [-0.2, 0) is 6.54 Å². The summed E-state index contributed by atoms with van der Waals surface area (Å²) in [4.78, 5) is 0. The van der Waals surface area contributed by atoms with Gasteiger partial charge in [-0.05, 0) is 18.9 Å². The van der Waals surface area contributed by atoms with E-state index in [1.165, 1.54) is 23.3 Å². The normalized spacial score (nSPS) is 25.7. The summed E-state index contributed by atoms with van der Waals surface area (Å²) in [5.74, 6) is 1.27. The monoisotopic (exact) mass is 221 g/mol. The number of thioether (sulfide) groups is 1. The lowest BCUT2D eigenvalue weighted by Crippen LogP contribution is -2.28. The van der Waals surface area contributed by atoms with Gasteiger partial charge in [-0.2, -0.15) is 11.8 Å². The zero-order chi connectivity index (χ0) is 10.7. The van der Waals surface area contributed by atoms with Crippen LogP contribution in [0.15, 0.2) is 24.3 Å². The lowest BCUT2D eigenvalue weighted by atomic mass is 10.1. The second-order valence-electron chi connectivity index (χ2n) is 4.45. The van der Waals surface area contributed by atoms with Crippen molar-refractivity contribution in [1.29, 1.82) is 0 Å². The molecule has 0 amide bonds. The van der Waals surface area contributed by atoms with Gasteiger partial charge < -0.3 is 5.32 Å². The number of hydrogen-bond acceptors (Lipinski definition) is 2. The number of nitrogens with one attached hydrogen (secondary N) is 1. The first-order valence-corrected chi connectivity index (χ1v) is 6.69. The standard InChI is InChI=1S/C13H19NS/c1-10-4-3-5-12(6-10)8-14-13-7-11(2)15-9-13/h3-6,11,13-14H,7-9H2,1-2H3. The van der Waals surface area contributed by atoms with E-state index in [9.17, 15) is 0 Å². The minimum Gasteiger partial charge on any atom is -0.309 e. The largest absolute Gasteiger partial charge is 0.309 e. The SMILES string of the molecule is Cc1cccc(CNC2CSC(C)C2)c1. The Morgan fingerprint density at radius 3 is 3.00 bits per heavy atom. The van der Waals surface area contributed by atoms with E-state index in [-0.39, 0.29) is 0 Å². The lowest BCUT2D eigenvalue weighted by molar-refractivity contribution is 0.538. The fourth-order valence-electron chi connectivity index (χ4n) is 2.04. The molecule has 2 rings (SSSR count). The van der Waals surface area contributed by atoms with E-state index in [0.29, 0.717) is 6.04 Å². The molecule has 1 heterocycles. The molecule has 2 heteroatoms. The molecule has 1 aromatic rings. The van der Waals surface area contributed by atoms with Crippen LogP contribution >= 0.6 is 11.8 Å². The minimum absolute atomic E-state index is 0.713. The molecule has 0 saturated carbocycles. The van der Waals surface area contributed by atoms with Crippen molar-refractivity contribution in [3.8, 4) is 0 Å². The number of rotatable bonds is 3. The summed E-state index contributed by atoms with van der Waals surface area (Å²) in [6.45, 7) is 5.48. The fraction of sp³-hybridized carbons (Fsp3) is 0.538. The van der Waals surface area contributed by atoms with Crippen molar-refractivity contribution < 1.29 is 0 Å². The van der Waals surface area contributed by atoms with Gasteiger partial charge in [0.15, 0.2) is 0 Å². The van der Waals surface area contributed by atoms with Gasteiger partial charge in [-0.1, -0.05) is 36.8 Å². The van der Waals surface area contributed by atoms with Gasteiger partial charge in [0.1, 0.15) is 0 Å². The molecule has 1 N–H and O–H groups in total. The third-order valence-electron chi connectivity index (χ3n) is 2.88. The molecule has 82 valence electrons. The predicted octanol–water partition coefficient (Wildman–Crippen LogP) is 2.98. The predicted molar refractivity (Wildman–Crippen MR) is 68.3 cm³/mol. The van der Waals surface area contributed by atoms with Gasteiger partial charge in [0.05, 0.1) is 0 Å². The van der Waals surface area contributed by atoms with E-state index in [1.54, 1.807) is 0 Å². The van der Waals surface area contributed by atoms with E-state index in [1.807, 2.05) is 0 Å². The molecule has 15 heavy (non-hydrogen) atoms. The van der Waals surface area contributed by atoms with Crippen molar-refractivity contribution in [2.75, 3.05) is 5.75 Å². The van der Waals surface area contributed by atoms with Gasteiger partial charge in [-0.25, -0.2) is 0 Å². The van der Waals surface area contributed by atoms with E-state index in [0.717, 1.165) is 11.8 Å². The maximum atomic E-state index is 3.63. The van der Waals surface area contributed by atoms with Crippen LogP contribution in [0.2, 0.25) is 0 Å². The van der Waals surface area contributed by atoms with E-state index in [4.69, 9.17) is 0 Å². The third kappa shape index (κ3) is 3.25. The highest BCUT2D eigenvalue weighted by Crippen LogP contribution is 2.26. The molecule has 1 saturated heterocycles. The molecule has 1 aliphatic heterocycles. The van der Waals surface area contributed by atoms with Crippen molar-refractivity contribution in [2.24, 2.45) is 0 Å². The third-order valence-corrected chi connectivity index (χ3v) is 4.23. The van der Waals surface area contributed by atoms with Crippen molar-refractivity contribution in [3.05, 3.63) is 35.4 Å². The van der Waals surface area contributed by atoms with Gasteiger partial charge in [0.25, 0.3) is 0 Å². The Labute approximate surface area is 96.7 Å². The van der Waals surface area contributed by atoms with Crippen molar-refractivity contribution in [3.63, 3.8) is 0 Å². The molecule has 1 aliphatic rings. The molecule has 1 nitrogen and oxygen atoms in total. The van der Waals surface area contributed by atoms with Gasteiger partial charge in [0.2, 0.25) is 0 Å². The number of hydrogen-bond donors (Lipinski definition) is 1. The first-order chi connectivity index (χ1) is 7.24. The number of aryl methyl sites for hydroxylation is 1. The van der Waals surface area contributed by atoms with Gasteiger partial charge in [0, 0.05) is 23.6 Å². The van der Waals surface area contributed by atoms with Crippen LogP contribution in [0.25, 0.3) is 0 Å². The first kappa shape index (κ1) is 11.0. The molecule has 1 aromatic carbocycles. The summed E-state index contributed by atoms with van der Waals surface area (Å²) in [7, 11) is 0. The Kier molecular flexibility index (Phi) is 3.71. The molecule has 0 bridgehead atoms. The zero-order valence-corrected chi connectivity index (χ0v) is 10.3. The Bertz CT molecular complexity index is 324. The average molecular weight is 221 g/mol. The summed E-state index contributed by atoms with van der Waals surface area (Å²) < 4.78 is 0. The quantitative estimate of drug-likeness (QED) is 0.842. The van der Waals surface area contributed by atoms with Crippen LogP contribution in [0.5, 0.6) is 0 Å². The molecular weight excluding hydrogens is 202 g/mol. The van der Waals surface area contributed by atoms with Crippen molar-refractivity contribution in [2.45, 2.75) is 38.1 Å². The molecule has 0 radical (unpaired) electrons. The summed E-state index contributed by atoms with van der Waals surface area (Å²) in [5, 5.41) is 4.47. The second-order valence-corrected chi connectivity index (χ2v) is 5.92. The van der Waals surface area contributed by atoms with E-state index >= 15 is 0 Å². The summed E-state index contributed by atoms with van der Waals surface area (Å²) in [6.07, 6.45) is 1.32. The summed E-state index contributed by atoms with van der Waals surface area (Å²) in [6, 6.07) is 9.46. The maximum absolute atomic E-state index is 3.63. The minimum atomic E-state index is 0.713. The number of benzene rings is 1. The Morgan fingerprint density at radius 1 is 1.47 bits per heavy atom. The molecule has 2 unspecified atom stereocenters. The average Bonchev–Trinajstić information content (AvgIpc) is 2.62. The fourth-order valence-corrected chi connectivity index (χ4v) is 3.23. The van der Waals surface area contributed by atoms with Crippen LogP contribution in [0.4, 0.5) is 0 Å². The topological polar surface area (TPSA) is 12.0 Å². The second kappa shape index (κ2) is 5.04. The molecule has 1 fully saturated rings. The van der Waals surface area contributed by atoms with Crippen LogP contribution < -0.4 is 5.32 Å². The van der Waals surface area contributed by atoms with Crippen molar-refractivity contribution >= 4 is 11.8 Å². The lowest BCUT2D eigenvalue weighted by Gasteiger charge is -2.11. The summed E-state index contributed by atoms with van der Waals surface area (Å²) >= 11 is 2.08. The van der Waals surface area contributed by atoms with E-state index < -0.39 is 0 Å². The van der Waals surface area contributed by atoms with Gasteiger partial charge >= 0.3 is 0 Å². The van der Waals surface area contributed by atoms with Crippen LogP contribution in [0.3, 0.4) is 0 Å². The molecule has 0 aliphatic carbocycles.